The van der Waals surface area contributed by atoms with Crippen LogP contribution in [0.25, 0.3) is 0 Å². The summed E-state index contributed by atoms with van der Waals surface area (Å²) >= 11 is 0. The van der Waals surface area contributed by atoms with Gasteiger partial charge in [-0.15, -0.1) is 0 Å². The Morgan fingerprint density at radius 2 is 2.56 bits per heavy atom. The van der Waals surface area contributed by atoms with E-state index in [1.54, 1.807) is 6.92 Å². The van der Waals surface area contributed by atoms with Crippen molar-refractivity contribution in [3.05, 3.63) is 0 Å². The summed E-state index contributed by atoms with van der Waals surface area (Å²) in [7, 11) is 0. The molecular formula is C4H10N2O3. The molecule has 0 aromatic rings. The third-order valence-corrected chi connectivity index (χ3v) is 0.773. The number of hydrogen-bond donors (Lipinski definition) is 3. The van der Waals surface area contributed by atoms with E-state index in [0.29, 0.717) is 0 Å². The van der Waals surface area contributed by atoms with Crippen LogP contribution in [0.4, 0.5) is 4.79 Å². The van der Waals surface area contributed by atoms with E-state index in [1.807, 2.05) is 0 Å². The summed E-state index contributed by atoms with van der Waals surface area (Å²) in [4.78, 5) is 14.1. The molecule has 0 saturated heterocycles. The predicted octanol–water partition coefficient (Wildman–Crippen LogP) is -0.467. The molecule has 9 heavy (non-hydrogen) atoms. The molecule has 1 amide bonds. The molecule has 0 rings (SSSR count). The van der Waals surface area contributed by atoms with Crippen LogP contribution in [-0.4, -0.2) is 23.8 Å². The highest BCUT2D eigenvalue weighted by Crippen LogP contribution is 1.79. The summed E-state index contributed by atoms with van der Waals surface area (Å²) in [5, 5.41) is 10.2. The lowest BCUT2D eigenvalue weighted by molar-refractivity contribution is 0.0662. The van der Waals surface area contributed by atoms with Gasteiger partial charge in [0.2, 0.25) is 0 Å². The first-order valence-corrected chi connectivity index (χ1v) is 2.49. The Hall–Kier alpha value is -0.810. The quantitative estimate of drug-likeness (QED) is 0.456. The van der Waals surface area contributed by atoms with E-state index in [1.165, 1.54) is 0 Å². The number of carbonyl (C=O) groups is 1. The van der Waals surface area contributed by atoms with Gasteiger partial charge in [0.1, 0.15) is 0 Å². The van der Waals surface area contributed by atoms with Crippen molar-refractivity contribution in [2.45, 2.75) is 13.0 Å². The van der Waals surface area contributed by atoms with E-state index < -0.39 is 6.09 Å². The van der Waals surface area contributed by atoms with Gasteiger partial charge >= 0.3 is 6.09 Å². The average molecular weight is 134 g/mol. The van der Waals surface area contributed by atoms with Crippen LogP contribution in [0.15, 0.2) is 0 Å². The first-order valence-electron chi connectivity index (χ1n) is 2.49. The molecule has 0 saturated carbocycles. The molecule has 0 aliphatic heterocycles. The molecule has 0 heterocycles. The smallest absolute Gasteiger partial charge is 0.404 e. The van der Waals surface area contributed by atoms with Crippen LogP contribution < -0.4 is 11.2 Å². The van der Waals surface area contributed by atoms with Crippen molar-refractivity contribution in [1.82, 2.24) is 5.32 Å². The van der Waals surface area contributed by atoms with Gasteiger partial charge in [-0.2, -0.15) is 0 Å². The van der Waals surface area contributed by atoms with Gasteiger partial charge in [0.05, 0.1) is 6.10 Å². The van der Waals surface area contributed by atoms with Crippen LogP contribution in [0.2, 0.25) is 0 Å². The van der Waals surface area contributed by atoms with Crippen molar-refractivity contribution in [2.75, 3.05) is 6.54 Å². The standard InChI is InChI=1S/C4H10N2O3/c1-3(9-5)2-6-4(7)8/h3,6H,2,5H2,1H3,(H,7,8). The molecular weight excluding hydrogens is 124 g/mol. The minimum absolute atomic E-state index is 0.214. The first-order chi connectivity index (χ1) is 4.16. The van der Waals surface area contributed by atoms with E-state index in [9.17, 15) is 4.79 Å². The van der Waals surface area contributed by atoms with Gasteiger partial charge in [0.25, 0.3) is 0 Å². The molecule has 0 spiro atoms. The number of amides is 1. The monoisotopic (exact) mass is 134 g/mol. The zero-order valence-electron chi connectivity index (χ0n) is 5.13. The maximum Gasteiger partial charge on any atom is 0.404 e. The summed E-state index contributed by atoms with van der Waals surface area (Å²) in [5.74, 6) is 4.73. The summed E-state index contributed by atoms with van der Waals surface area (Å²) in [6.07, 6.45) is -1.35. The molecule has 5 heteroatoms. The van der Waals surface area contributed by atoms with Crippen molar-refractivity contribution in [3.8, 4) is 0 Å². The van der Waals surface area contributed by atoms with Crippen LogP contribution in [0.1, 0.15) is 6.92 Å². The van der Waals surface area contributed by atoms with Crippen molar-refractivity contribution < 1.29 is 14.7 Å². The Morgan fingerprint density at radius 1 is 2.00 bits per heavy atom. The minimum Gasteiger partial charge on any atom is -0.465 e. The van der Waals surface area contributed by atoms with Crippen LogP contribution in [0.5, 0.6) is 0 Å². The molecule has 0 aromatic heterocycles. The van der Waals surface area contributed by atoms with Crippen molar-refractivity contribution in [2.24, 2.45) is 5.90 Å². The number of nitrogens with two attached hydrogens (primary N) is 1. The van der Waals surface area contributed by atoms with Gasteiger partial charge in [-0.25, -0.2) is 10.7 Å². The summed E-state index contributed by atoms with van der Waals surface area (Å²) in [6, 6.07) is 0. The Bertz CT molecular complexity index is 95.8. The Morgan fingerprint density at radius 3 is 2.89 bits per heavy atom. The lowest BCUT2D eigenvalue weighted by Gasteiger charge is -2.06. The fourth-order valence-corrected chi connectivity index (χ4v) is 0.279. The maximum absolute atomic E-state index is 9.81. The lowest BCUT2D eigenvalue weighted by atomic mass is 10.4. The molecule has 4 N–H and O–H groups in total. The second-order valence-corrected chi connectivity index (χ2v) is 1.63. The molecule has 0 aliphatic rings. The van der Waals surface area contributed by atoms with E-state index in [4.69, 9.17) is 11.0 Å². The zero-order valence-corrected chi connectivity index (χ0v) is 5.13. The molecule has 5 nitrogen and oxygen atoms in total. The molecule has 1 atom stereocenters. The first kappa shape index (κ1) is 8.19. The van der Waals surface area contributed by atoms with Crippen LogP contribution >= 0.6 is 0 Å². The Labute approximate surface area is 52.7 Å². The number of carboxylic acid groups (broad SMARTS) is 1. The molecule has 54 valence electrons. The summed E-state index contributed by atoms with van der Waals surface area (Å²) in [5.41, 5.74) is 0. The van der Waals surface area contributed by atoms with Gasteiger partial charge in [-0.1, -0.05) is 0 Å². The average Bonchev–Trinajstić information content (AvgIpc) is 1.83. The van der Waals surface area contributed by atoms with E-state index in [2.05, 4.69) is 10.2 Å². The fraction of sp³-hybridized carbons (Fsp3) is 0.750. The van der Waals surface area contributed by atoms with Crippen LogP contribution in [-0.2, 0) is 4.84 Å². The third kappa shape index (κ3) is 5.05. The molecule has 1 unspecified atom stereocenters. The topological polar surface area (TPSA) is 84.6 Å². The predicted molar refractivity (Wildman–Crippen MR) is 30.8 cm³/mol. The largest absolute Gasteiger partial charge is 0.465 e. The summed E-state index contributed by atoms with van der Waals surface area (Å²) < 4.78 is 0. The number of rotatable bonds is 3. The van der Waals surface area contributed by atoms with Gasteiger partial charge < -0.3 is 10.4 Å². The molecule has 0 bridgehead atoms. The lowest BCUT2D eigenvalue weighted by Crippen LogP contribution is -2.32. The van der Waals surface area contributed by atoms with E-state index in [0.717, 1.165) is 0 Å². The van der Waals surface area contributed by atoms with Crippen LogP contribution in [0, 0.1) is 0 Å². The van der Waals surface area contributed by atoms with Gasteiger partial charge in [0.15, 0.2) is 0 Å². The van der Waals surface area contributed by atoms with Gasteiger partial charge in [0, 0.05) is 6.54 Å². The Kier molecular flexibility index (Phi) is 3.74. The van der Waals surface area contributed by atoms with E-state index in [-0.39, 0.29) is 12.6 Å². The van der Waals surface area contributed by atoms with E-state index >= 15 is 0 Å². The summed E-state index contributed by atoms with van der Waals surface area (Å²) in [6.45, 7) is 1.88. The highest BCUT2D eigenvalue weighted by molar-refractivity contribution is 5.64. The number of hydrogen-bond acceptors (Lipinski definition) is 3. The molecule has 0 radical (unpaired) electrons. The normalized spacial score (nSPS) is 12.7. The third-order valence-electron chi connectivity index (χ3n) is 0.773. The molecule has 0 aromatic carbocycles. The van der Waals surface area contributed by atoms with Crippen molar-refractivity contribution in [3.63, 3.8) is 0 Å². The van der Waals surface area contributed by atoms with Crippen LogP contribution in [0.3, 0.4) is 0 Å². The van der Waals surface area contributed by atoms with Crippen molar-refractivity contribution >= 4 is 6.09 Å². The highest BCUT2D eigenvalue weighted by atomic mass is 16.6. The zero-order chi connectivity index (χ0) is 7.28. The molecule has 0 aliphatic carbocycles. The Balaban J connectivity index is 3.16. The second kappa shape index (κ2) is 4.11. The van der Waals surface area contributed by atoms with Gasteiger partial charge in [-0.05, 0) is 6.92 Å². The van der Waals surface area contributed by atoms with Crippen molar-refractivity contribution in [1.29, 1.82) is 0 Å². The number of nitrogens with one attached hydrogen (secondary N) is 1. The fourth-order valence-electron chi connectivity index (χ4n) is 0.279. The maximum atomic E-state index is 9.81. The molecule has 0 fully saturated rings. The van der Waals surface area contributed by atoms with Gasteiger partial charge in [-0.3, -0.25) is 4.84 Å². The highest BCUT2D eigenvalue weighted by Gasteiger charge is 2.00. The SMILES string of the molecule is CC(CNC(=O)O)ON. The second-order valence-electron chi connectivity index (χ2n) is 1.63. The minimum atomic E-state index is -1.07.